The Balaban J connectivity index is 1.98. The molecule has 0 saturated heterocycles. The fourth-order valence-corrected chi connectivity index (χ4v) is 2.43. The molecular formula is C22H16N2O4. The molecule has 3 aromatic rings. The van der Waals surface area contributed by atoms with Gasteiger partial charge in [0.1, 0.15) is 28.7 Å². The Labute approximate surface area is 161 Å². The van der Waals surface area contributed by atoms with Crippen molar-refractivity contribution >= 4 is 11.4 Å². The van der Waals surface area contributed by atoms with Crippen molar-refractivity contribution in [2.45, 2.75) is 0 Å². The first kappa shape index (κ1) is 18.4. The Morgan fingerprint density at radius 3 is 1.57 bits per heavy atom. The van der Waals surface area contributed by atoms with Crippen LogP contribution in [-0.4, -0.2) is 10.2 Å². The largest absolute Gasteiger partial charge is 0.506 e. The average molecular weight is 372 g/mol. The number of terminal acetylenes is 2. The number of benzene rings is 3. The SMILES string of the molecule is C#Cc1cc(Oc2ccc(O)c(N)c2)cc(C#C)c1Oc1ccc(O)c(N)c1. The second-order valence-corrected chi connectivity index (χ2v) is 5.78. The van der Waals surface area contributed by atoms with Crippen molar-refractivity contribution in [1.29, 1.82) is 0 Å². The van der Waals surface area contributed by atoms with Crippen LogP contribution in [0.25, 0.3) is 0 Å². The van der Waals surface area contributed by atoms with Crippen molar-refractivity contribution in [3.8, 4) is 59.2 Å². The summed E-state index contributed by atoms with van der Waals surface area (Å²) in [5.41, 5.74) is 12.4. The van der Waals surface area contributed by atoms with Crippen LogP contribution in [0.4, 0.5) is 11.4 Å². The highest BCUT2D eigenvalue weighted by molar-refractivity contribution is 5.63. The standard InChI is InChI=1S/C22H16N2O4/c1-3-13-9-17(27-15-5-7-20(25)18(23)11-15)10-14(4-2)22(13)28-16-6-8-21(26)19(24)12-16/h1-2,5-12,25-26H,23-24H2. The number of aromatic hydroxyl groups is 2. The molecule has 0 aliphatic carbocycles. The molecule has 6 heteroatoms. The van der Waals surface area contributed by atoms with Crippen LogP contribution in [0.3, 0.4) is 0 Å². The van der Waals surface area contributed by atoms with Crippen LogP contribution >= 0.6 is 0 Å². The molecule has 6 nitrogen and oxygen atoms in total. The van der Waals surface area contributed by atoms with Crippen molar-refractivity contribution in [2.24, 2.45) is 0 Å². The highest BCUT2D eigenvalue weighted by atomic mass is 16.5. The number of ether oxygens (including phenoxy) is 2. The van der Waals surface area contributed by atoms with Gasteiger partial charge in [0.05, 0.1) is 22.5 Å². The van der Waals surface area contributed by atoms with E-state index in [-0.39, 0.29) is 28.6 Å². The lowest BCUT2D eigenvalue weighted by molar-refractivity contribution is 0.458. The number of phenols is 2. The molecule has 3 rings (SSSR count). The highest BCUT2D eigenvalue weighted by Crippen LogP contribution is 2.36. The summed E-state index contributed by atoms with van der Waals surface area (Å²) in [5, 5.41) is 19.1. The maximum atomic E-state index is 9.54. The number of nitrogen functional groups attached to an aromatic ring is 2. The van der Waals surface area contributed by atoms with Gasteiger partial charge in [-0.15, -0.1) is 12.8 Å². The van der Waals surface area contributed by atoms with E-state index in [1.54, 1.807) is 18.2 Å². The molecule has 0 fully saturated rings. The van der Waals surface area contributed by atoms with Crippen LogP contribution < -0.4 is 20.9 Å². The third-order valence-corrected chi connectivity index (χ3v) is 3.83. The monoisotopic (exact) mass is 372 g/mol. The molecule has 0 atom stereocenters. The van der Waals surface area contributed by atoms with Gasteiger partial charge in [-0.1, -0.05) is 11.8 Å². The molecule has 0 radical (unpaired) electrons. The molecule has 138 valence electrons. The summed E-state index contributed by atoms with van der Waals surface area (Å²) in [5.74, 6) is 6.37. The van der Waals surface area contributed by atoms with Crippen LogP contribution in [0.2, 0.25) is 0 Å². The van der Waals surface area contributed by atoms with Crippen LogP contribution in [-0.2, 0) is 0 Å². The average Bonchev–Trinajstić information content (AvgIpc) is 2.68. The molecular weight excluding hydrogens is 356 g/mol. The first-order valence-corrected chi connectivity index (χ1v) is 8.05. The maximum absolute atomic E-state index is 9.54. The molecule has 0 unspecified atom stereocenters. The Morgan fingerprint density at radius 2 is 1.14 bits per heavy atom. The van der Waals surface area contributed by atoms with Gasteiger partial charge in [-0.2, -0.15) is 0 Å². The van der Waals surface area contributed by atoms with Gasteiger partial charge in [-0.05, 0) is 24.3 Å². The van der Waals surface area contributed by atoms with E-state index >= 15 is 0 Å². The molecule has 3 aromatic carbocycles. The fourth-order valence-electron chi connectivity index (χ4n) is 2.43. The number of anilines is 2. The van der Waals surface area contributed by atoms with Gasteiger partial charge in [-0.3, -0.25) is 0 Å². The number of hydrogen-bond acceptors (Lipinski definition) is 6. The third kappa shape index (κ3) is 3.72. The highest BCUT2D eigenvalue weighted by Gasteiger charge is 2.14. The predicted molar refractivity (Wildman–Crippen MR) is 107 cm³/mol. The van der Waals surface area contributed by atoms with Crippen LogP contribution in [0.5, 0.6) is 34.5 Å². The second kappa shape index (κ2) is 7.45. The fraction of sp³-hybridized carbons (Fsp3) is 0. The first-order valence-electron chi connectivity index (χ1n) is 8.05. The normalized spacial score (nSPS) is 9.93. The summed E-state index contributed by atoms with van der Waals surface area (Å²) in [6.07, 6.45) is 11.2. The lowest BCUT2D eigenvalue weighted by Crippen LogP contribution is -1.96. The molecule has 0 spiro atoms. The first-order chi connectivity index (χ1) is 13.4. The lowest BCUT2D eigenvalue weighted by atomic mass is 10.1. The van der Waals surface area contributed by atoms with Gasteiger partial charge in [0, 0.05) is 24.3 Å². The van der Waals surface area contributed by atoms with Gasteiger partial charge < -0.3 is 31.2 Å². The minimum atomic E-state index is -0.0568. The van der Waals surface area contributed by atoms with Gasteiger partial charge in [0.2, 0.25) is 0 Å². The van der Waals surface area contributed by atoms with Gasteiger partial charge >= 0.3 is 0 Å². The molecule has 6 N–H and O–H groups in total. The van der Waals surface area contributed by atoms with Gasteiger partial charge in [0.25, 0.3) is 0 Å². The van der Waals surface area contributed by atoms with E-state index in [0.29, 0.717) is 28.4 Å². The minimum Gasteiger partial charge on any atom is -0.506 e. The van der Waals surface area contributed by atoms with E-state index in [4.69, 9.17) is 33.8 Å². The van der Waals surface area contributed by atoms with Crippen molar-refractivity contribution in [2.75, 3.05) is 11.5 Å². The topological polar surface area (TPSA) is 111 Å². The van der Waals surface area contributed by atoms with Gasteiger partial charge in [-0.25, -0.2) is 0 Å². The van der Waals surface area contributed by atoms with E-state index in [2.05, 4.69) is 11.8 Å². The number of nitrogens with two attached hydrogens (primary N) is 2. The summed E-state index contributed by atoms with van der Waals surface area (Å²) in [4.78, 5) is 0. The van der Waals surface area contributed by atoms with E-state index < -0.39 is 0 Å². The zero-order chi connectivity index (χ0) is 20.3. The summed E-state index contributed by atoms with van der Waals surface area (Å²) in [6.45, 7) is 0. The Hall–Kier alpha value is -4.42. The van der Waals surface area contributed by atoms with E-state index in [0.717, 1.165) is 0 Å². The summed E-state index contributed by atoms with van der Waals surface area (Å²) in [6, 6.07) is 12.0. The van der Waals surface area contributed by atoms with Crippen molar-refractivity contribution in [3.63, 3.8) is 0 Å². The molecule has 0 heterocycles. The van der Waals surface area contributed by atoms with E-state index in [1.807, 2.05) is 0 Å². The Bertz CT molecular complexity index is 1110. The number of phenolic OH excluding ortho intramolecular Hbond substituents is 2. The molecule has 0 bridgehead atoms. The second-order valence-electron chi connectivity index (χ2n) is 5.78. The van der Waals surface area contributed by atoms with Crippen LogP contribution in [0, 0.1) is 24.7 Å². The molecule has 0 aliphatic heterocycles. The number of rotatable bonds is 4. The summed E-state index contributed by atoms with van der Waals surface area (Å²) < 4.78 is 11.6. The molecule has 0 aromatic heterocycles. The predicted octanol–water partition coefficient (Wildman–Crippen LogP) is 3.81. The zero-order valence-corrected chi connectivity index (χ0v) is 14.6. The third-order valence-electron chi connectivity index (χ3n) is 3.83. The number of hydrogen-bond donors (Lipinski definition) is 4. The Kier molecular flexibility index (Phi) is 4.89. The zero-order valence-electron chi connectivity index (χ0n) is 14.6. The lowest BCUT2D eigenvalue weighted by Gasteiger charge is -2.14. The van der Waals surface area contributed by atoms with E-state index in [1.165, 1.54) is 30.3 Å². The smallest absolute Gasteiger partial charge is 0.158 e. The molecule has 0 saturated carbocycles. The summed E-state index contributed by atoms with van der Waals surface area (Å²) in [7, 11) is 0. The summed E-state index contributed by atoms with van der Waals surface area (Å²) >= 11 is 0. The van der Waals surface area contributed by atoms with Crippen molar-refractivity contribution < 1.29 is 19.7 Å². The van der Waals surface area contributed by atoms with Crippen molar-refractivity contribution in [1.82, 2.24) is 0 Å². The van der Waals surface area contributed by atoms with Gasteiger partial charge in [0.15, 0.2) is 5.75 Å². The Morgan fingerprint density at radius 1 is 0.679 bits per heavy atom. The molecule has 0 amide bonds. The molecule has 0 aliphatic rings. The quantitative estimate of drug-likeness (QED) is 0.315. The van der Waals surface area contributed by atoms with Crippen LogP contribution in [0.1, 0.15) is 11.1 Å². The van der Waals surface area contributed by atoms with Crippen molar-refractivity contribution in [3.05, 3.63) is 59.7 Å². The minimum absolute atomic E-state index is 0.0436. The maximum Gasteiger partial charge on any atom is 0.158 e. The van der Waals surface area contributed by atoms with Crippen LogP contribution in [0.15, 0.2) is 48.5 Å². The van der Waals surface area contributed by atoms with E-state index in [9.17, 15) is 10.2 Å². The molecule has 28 heavy (non-hydrogen) atoms.